The molecule has 0 radical (unpaired) electrons. The predicted molar refractivity (Wildman–Crippen MR) is 99.0 cm³/mol. The summed E-state index contributed by atoms with van der Waals surface area (Å²) >= 11 is 5.81. The van der Waals surface area contributed by atoms with E-state index in [1.807, 2.05) is 0 Å². The molecule has 8 heteroatoms. The first kappa shape index (κ1) is 20.8. The van der Waals surface area contributed by atoms with Crippen molar-refractivity contribution in [2.45, 2.75) is 51.0 Å². The van der Waals surface area contributed by atoms with Crippen molar-refractivity contribution in [3.05, 3.63) is 39.7 Å². The molecular weight excluding hydrogens is 346 g/mol. The number of rotatable bonds is 8. The second kappa shape index (κ2) is 8.74. The van der Waals surface area contributed by atoms with E-state index in [4.69, 9.17) is 26.3 Å². The van der Waals surface area contributed by atoms with E-state index >= 15 is 0 Å². The molecule has 0 saturated carbocycles. The molecule has 1 N–H and O–H groups in total. The maximum Gasteiger partial charge on any atom is 0.191 e. The summed E-state index contributed by atoms with van der Waals surface area (Å²) in [5.41, 5.74) is 8.74. The fourth-order valence-corrected chi connectivity index (χ4v) is 2.77. The van der Waals surface area contributed by atoms with Crippen LogP contribution in [0.4, 0.5) is 0 Å². The van der Waals surface area contributed by atoms with E-state index in [1.54, 1.807) is 24.3 Å². The molecule has 0 unspecified atom stereocenters. The number of hydrogen-bond donors (Lipinski definition) is 1. The molecule has 0 aliphatic carbocycles. The third kappa shape index (κ3) is 6.34. The lowest BCUT2D eigenvalue weighted by Gasteiger charge is -2.37. The van der Waals surface area contributed by atoms with Gasteiger partial charge in [-0.25, -0.2) is 0 Å². The number of hydrogen-bond acceptors (Lipinski definition) is 4. The molecule has 24 heavy (non-hydrogen) atoms. The van der Waals surface area contributed by atoms with Crippen molar-refractivity contribution in [3.63, 3.8) is 0 Å². The Hall–Kier alpha value is -1.24. The second-order valence-electron chi connectivity index (χ2n) is 7.18. The smallest absolute Gasteiger partial charge is 0.191 e. The molecular formula is C16H26ClN3O3Si. The van der Waals surface area contributed by atoms with Gasteiger partial charge in [-0.1, -0.05) is 37.5 Å². The first-order chi connectivity index (χ1) is 11.1. The molecule has 0 heterocycles. The molecule has 1 aromatic rings. The Morgan fingerprint density at radius 1 is 1.25 bits per heavy atom. The van der Waals surface area contributed by atoms with Crippen LogP contribution in [0, 0.1) is 0 Å². The van der Waals surface area contributed by atoms with Crippen LogP contribution in [0.3, 0.4) is 0 Å². The highest BCUT2D eigenvalue weighted by Crippen LogP contribution is 2.36. The zero-order chi connectivity index (χ0) is 18.4. The first-order valence-corrected chi connectivity index (χ1v) is 11.1. The van der Waals surface area contributed by atoms with E-state index in [1.165, 1.54) is 0 Å². The zero-order valence-corrected chi connectivity index (χ0v) is 16.6. The van der Waals surface area contributed by atoms with Crippen molar-refractivity contribution in [1.29, 1.82) is 0 Å². The molecule has 1 rings (SSSR count). The lowest BCUT2D eigenvalue weighted by molar-refractivity contribution is 0.0660. The van der Waals surface area contributed by atoms with Crippen molar-refractivity contribution in [3.8, 4) is 5.75 Å². The Labute approximate surface area is 149 Å². The predicted octanol–water partition coefficient (Wildman–Crippen LogP) is 4.78. The summed E-state index contributed by atoms with van der Waals surface area (Å²) in [6.07, 6.45) is -0.957. The van der Waals surface area contributed by atoms with Crippen LogP contribution < -0.4 is 4.74 Å². The molecule has 6 nitrogen and oxygen atoms in total. The summed E-state index contributed by atoms with van der Waals surface area (Å²) < 4.78 is 11.6. The maximum atomic E-state index is 10.3. The summed E-state index contributed by atoms with van der Waals surface area (Å²) in [6.45, 7) is 10.8. The number of azide groups is 1. The molecule has 2 atom stereocenters. The fourth-order valence-electron chi connectivity index (χ4n) is 1.62. The molecule has 0 aliphatic heterocycles. The van der Waals surface area contributed by atoms with Gasteiger partial charge >= 0.3 is 0 Å². The highest BCUT2D eigenvalue weighted by molar-refractivity contribution is 6.74. The van der Waals surface area contributed by atoms with Crippen LogP contribution in [0.25, 0.3) is 10.4 Å². The highest BCUT2D eigenvalue weighted by atomic mass is 35.5. The summed E-state index contributed by atoms with van der Waals surface area (Å²) in [6, 6.07) is 6.13. The van der Waals surface area contributed by atoms with Crippen LogP contribution in [-0.4, -0.2) is 38.8 Å². The van der Waals surface area contributed by atoms with Gasteiger partial charge in [0.15, 0.2) is 8.32 Å². The molecule has 0 amide bonds. The lowest BCUT2D eigenvalue weighted by Crippen LogP contribution is -2.44. The van der Waals surface area contributed by atoms with Gasteiger partial charge in [-0.15, -0.1) is 0 Å². The first-order valence-electron chi connectivity index (χ1n) is 7.81. The van der Waals surface area contributed by atoms with Crippen molar-refractivity contribution in [2.75, 3.05) is 13.2 Å². The van der Waals surface area contributed by atoms with Crippen molar-refractivity contribution >= 4 is 19.9 Å². The van der Waals surface area contributed by atoms with Crippen molar-refractivity contribution < 1.29 is 14.3 Å². The molecule has 134 valence electrons. The average molecular weight is 372 g/mol. The average Bonchev–Trinajstić information content (AvgIpc) is 2.49. The van der Waals surface area contributed by atoms with Crippen LogP contribution in [0.2, 0.25) is 23.2 Å². The van der Waals surface area contributed by atoms with Gasteiger partial charge < -0.3 is 14.3 Å². The van der Waals surface area contributed by atoms with E-state index < -0.39 is 20.5 Å². The Kier molecular flexibility index (Phi) is 7.57. The molecule has 0 fully saturated rings. The van der Waals surface area contributed by atoms with Gasteiger partial charge in [0.25, 0.3) is 0 Å². The standard InChI is InChI=1S/C16H26ClN3O3Si/c1-16(2,3)24(4,5)23-10-14(19-20-18)15(21)11-22-13-8-6-12(17)7-9-13/h6-9,14-15,21H,10-11H2,1-5H3/t14-,15+/m0/s1. The van der Waals surface area contributed by atoms with Crippen LogP contribution in [-0.2, 0) is 4.43 Å². The topological polar surface area (TPSA) is 87.5 Å². The number of halogens is 1. The van der Waals surface area contributed by atoms with E-state index in [9.17, 15) is 5.11 Å². The van der Waals surface area contributed by atoms with Crippen molar-refractivity contribution in [2.24, 2.45) is 5.11 Å². The minimum Gasteiger partial charge on any atom is -0.491 e. The van der Waals surface area contributed by atoms with Crippen LogP contribution in [0.15, 0.2) is 29.4 Å². The molecule has 1 aromatic carbocycles. The van der Waals surface area contributed by atoms with Gasteiger partial charge in [-0.05, 0) is 47.9 Å². The largest absolute Gasteiger partial charge is 0.491 e. The van der Waals surface area contributed by atoms with Gasteiger partial charge in [0, 0.05) is 16.5 Å². The van der Waals surface area contributed by atoms with Crippen LogP contribution in [0.1, 0.15) is 20.8 Å². The monoisotopic (exact) mass is 371 g/mol. The number of benzene rings is 1. The van der Waals surface area contributed by atoms with Crippen LogP contribution in [0.5, 0.6) is 5.75 Å². The van der Waals surface area contributed by atoms with Gasteiger partial charge in [-0.3, -0.25) is 0 Å². The van der Waals surface area contributed by atoms with E-state index in [-0.39, 0.29) is 18.3 Å². The molecule has 0 bridgehead atoms. The Morgan fingerprint density at radius 2 is 1.83 bits per heavy atom. The molecule has 0 aromatic heterocycles. The Balaban J connectivity index is 2.63. The summed E-state index contributed by atoms with van der Waals surface area (Å²) in [5, 5.41) is 14.6. The minimum absolute atomic E-state index is 0.00613. The summed E-state index contributed by atoms with van der Waals surface area (Å²) in [4.78, 5) is 2.81. The third-order valence-corrected chi connectivity index (χ3v) is 9.05. The Morgan fingerprint density at radius 3 is 2.33 bits per heavy atom. The number of aliphatic hydroxyl groups excluding tert-OH is 1. The SMILES string of the molecule is CC(C)(C)[Si](C)(C)OC[C@H](N=[N+]=[N-])[C@H](O)COc1ccc(Cl)cc1. The lowest BCUT2D eigenvalue weighted by atomic mass is 10.2. The van der Waals surface area contributed by atoms with Gasteiger partial charge in [0.1, 0.15) is 12.4 Å². The normalized spacial score (nSPS) is 14.6. The molecule has 0 saturated heterocycles. The van der Waals surface area contributed by atoms with E-state index in [0.717, 1.165) is 0 Å². The number of nitrogens with zero attached hydrogens (tertiary/aromatic N) is 3. The number of ether oxygens (including phenoxy) is 1. The number of aliphatic hydroxyl groups is 1. The van der Waals surface area contributed by atoms with Gasteiger partial charge in [0.05, 0.1) is 12.1 Å². The van der Waals surface area contributed by atoms with Crippen molar-refractivity contribution in [1.82, 2.24) is 0 Å². The van der Waals surface area contributed by atoms with E-state index in [2.05, 4.69) is 43.9 Å². The third-order valence-electron chi connectivity index (χ3n) is 4.30. The van der Waals surface area contributed by atoms with Gasteiger partial charge in [0.2, 0.25) is 0 Å². The molecule has 0 aliphatic rings. The highest BCUT2D eigenvalue weighted by Gasteiger charge is 2.38. The second-order valence-corrected chi connectivity index (χ2v) is 12.4. The minimum atomic E-state index is -1.99. The Bertz CT molecular complexity index is 569. The summed E-state index contributed by atoms with van der Waals surface area (Å²) in [7, 11) is -1.99. The van der Waals surface area contributed by atoms with Gasteiger partial charge in [-0.2, -0.15) is 0 Å². The maximum absolute atomic E-state index is 10.3. The summed E-state index contributed by atoms with van der Waals surface area (Å²) in [5.74, 6) is 0.587. The fraction of sp³-hybridized carbons (Fsp3) is 0.625. The zero-order valence-electron chi connectivity index (χ0n) is 14.9. The van der Waals surface area contributed by atoms with Crippen LogP contribution >= 0.6 is 11.6 Å². The molecule has 0 spiro atoms. The quantitative estimate of drug-likeness (QED) is 0.308. The van der Waals surface area contributed by atoms with E-state index in [0.29, 0.717) is 10.8 Å².